The van der Waals surface area contributed by atoms with Gasteiger partial charge in [0.2, 0.25) is 11.1 Å². The van der Waals surface area contributed by atoms with Crippen LogP contribution in [0.15, 0.2) is 64.2 Å². The minimum Gasteiger partial charge on any atom is -0.486 e. The molecule has 1 amide bonds. The molecule has 0 spiro atoms. The normalized spacial score (nSPS) is 12.7. The smallest absolute Gasteiger partial charge is 0.234 e. The van der Waals surface area contributed by atoms with E-state index in [2.05, 4.69) is 36.5 Å². The highest BCUT2D eigenvalue weighted by atomic mass is 79.9. The van der Waals surface area contributed by atoms with Crippen molar-refractivity contribution < 1.29 is 14.3 Å². The number of anilines is 1. The molecule has 0 aliphatic carbocycles. The zero-order valence-corrected chi connectivity index (χ0v) is 18.5. The number of nitrogens with zero attached hydrogens (tertiary/aromatic N) is 4. The Morgan fingerprint density at radius 3 is 2.68 bits per heavy atom. The zero-order valence-electron chi connectivity index (χ0n) is 16.1. The van der Waals surface area contributed by atoms with Gasteiger partial charge in [-0.25, -0.2) is 0 Å². The van der Waals surface area contributed by atoms with Crippen LogP contribution in [0.2, 0.25) is 0 Å². The number of amides is 1. The lowest BCUT2D eigenvalue weighted by molar-refractivity contribution is -0.113. The molecule has 0 unspecified atom stereocenters. The number of hydrogen-bond donors (Lipinski definition) is 1. The summed E-state index contributed by atoms with van der Waals surface area (Å²) < 4.78 is 13.7. The molecule has 0 saturated heterocycles. The first-order chi connectivity index (χ1) is 15.2. The summed E-state index contributed by atoms with van der Waals surface area (Å²) in [6.45, 7) is 1.02. The fourth-order valence-corrected chi connectivity index (χ4v) is 4.03. The van der Waals surface area contributed by atoms with Gasteiger partial charge in [0.1, 0.15) is 13.2 Å². The number of ether oxygens (including phenoxy) is 2. The van der Waals surface area contributed by atoms with Crippen molar-refractivity contribution in [2.75, 3.05) is 24.3 Å². The van der Waals surface area contributed by atoms with Gasteiger partial charge in [0.05, 0.1) is 11.4 Å². The standard InChI is InChI=1S/C21H16BrN5O3S/c22-14-3-1-13(2-4-14)16-6-8-19-24-25-21(27(19)26-16)31-12-20(28)23-15-5-7-17-18(11-15)30-10-9-29-17/h1-8,11H,9-10,12H2,(H,23,28). The van der Waals surface area contributed by atoms with Crippen LogP contribution in [0.1, 0.15) is 0 Å². The van der Waals surface area contributed by atoms with Crippen molar-refractivity contribution >= 4 is 44.9 Å². The number of halogens is 1. The van der Waals surface area contributed by atoms with Gasteiger partial charge in [-0.1, -0.05) is 39.8 Å². The second kappa shape index (κ2) is 8.56. The Kier molecular flexibility index (Phi) is 5.47. The molecule has 2 aromatic heterocycles. The minimum absolute atomic E-state index is 0.164. The fourth-order valence-electron chi connectivity index (χ4n) is 3.08. The number of nitrogens with one attached hydrogen (secondary N) is 1. The molecule has 156 valence electrons. The van der Waals surface area contributed by atoms with Gasteiger partial charge >= 0.3 is 0 Å². The predicted octanol–water partition coefficient (Wildman–Crippen LogP) is 4.06. The summed E-state index contributed by atoms with van der Waals surface area (Å²) in [6, 6.07) is 17.0. The van der Waals surface area contributed by atoms with Crippen LogP contribution in [-0.4, -0.2) is 44.7 Å². The Morgan fingerprint density at radius 1 is 1.03 bits per heavy atom. The SMILES string of the molecule is O=C(CSc1nnc2ccc(-c3ccc(Br)cc3)nn12)Nc1ccc2c(c1)OCCO2. The predicted molar refractivity (Wildman–Crippen MR) is 121 cm³/mol. The number of fused-ring (bicyclic) bond motifs is 2. The molecule has 0 radical (unpaired) electrons. The molecule has 3 heterocycles. The summed E-state index contributed by atoms with van der Waals surface area (Å²) in [5.41, 5.74) is 3.04. The summed E-state index contributed by atoms with van der Waals surface area (Å²) in [4.78, 5) is 12.4. The van der Waals surface area contributed by atoms with Gasteiger partial charge in [-0.2, -0.15) is 9.61 Å². The summed E-state index contributed by atoms with van der Waals surface area (Å²) in [5.74, 6) is 1.31. The second-order valence-corrected chi connectivity index (χ2v) is 8.53. The maximum atomic E-state index is 12.4. The van der Waals surface area contributed by atoms with Gasteiger partial charge in [0.15, 0.2) is 17.1 Å². The molecule has 2 aromatic carbocycles. The lowest BCUT2D eigenvalue weighted by Gasteiger charge is -2.18. The van der Waals surface area contributed by atoms with Crippen LogP contribution < -0.4 is 14.8 Å². The van der Waals surface area contributed by atoms with E-state index in [1.54, 1.807) is 22.7 Å². The third kappa shape index (κ3) is 4.35. The first kappa shape index (κ1) is 19.8. The third-order valence-electron chi connectivity index (χ3n) is 4.53. The van der Waals surface area contributed by atoms with Gasteiger partial charge in [-0.3, -0.25) is 4.79 Å². The van der Waals surface area contributed by atoms with Crippen LogP contribution in [-0.2, 0) is 4.79 Å². The van der Waals surface area contributed by atoms with E-state index >= 15 is 0 Å². The van der Waals surface area contributed by atoms with Gasteiger partial charge in [0, 0.05) is 21.8 Å². The Labute approximate surface area is 190 Å². The van der Waals surface area contributed by atoms with E-state index < -0.39 is 0 Å². The van der Waals surface area contributed by atoms with Gasteiger partial charge in [0.25, 0.3) is 0 Å². The zero-order chi connectivity index (χ0) is 21.2. The molecule has 0 bridgehead atoms. The van der Waals surface area contributed by atoms with Crippen molar-refractivity contribution in [3.05, 3.63) is 59.1 Å². The molecule has 31 heavy (non-hydrogen) atoms. The Balaban J connectivity index is 1.28. The second-order valence-electron chi connectivity index (χ2n) is 6.67. The average molecular weight is 498 g/mol. The van der Waals surface area contributed by atoms with Crippen LogP contribution in [0.4, 0.5) is 5.69 Å². The number of aromatic nitrogens is 4. The number of benzene rings is 2. The van der Waals surface area contributed by atoms with Crippen molar-refractivity contribution in [1.82, 2.24) is 19.8 Å². The summed E-state index contributed by atoms with van der Waals surface area (Å²) in [7, 11) is 0. The van der Waals surface area contributed by atoms with E-state index in [1.165, 1.54) is 11.8 Å². The monoisotopic (exact) mass is 497 g/mol. The molecule has 5 rings (SSSR count). The molecule has 1 aliphatic rings. The molecule has 0 atom stereocenters. The molecule has 8 nitrogen and oxygen atoms in total. The van der Waals surface area contributed by atoms with E-state index in [0.29, 0.717) is 41.2 Å². The van der Waals surface area contributed by atoms with Crippen molar-refractivity contribution in [2.45, 2.75) is 5.16 Å². The minimum atomic E-state index is -0.164. The third-order valence-corrected chi connectivity index (χ3v) is 5.98. The fraction of sp³-hybridized carbons (Fsp3) is 0.143. The largest absolute Gasteiger partial charge is 0.486 e. The first-order valence-electron chi connectivity index (χ1n) is 9.46. The van der Waals surface area contributed by atoms with E-state index in [9.17, 15) is 4.79 Å². The lowest BCUT2D eigenvalue weighted by Crippen LogP contribution is -2.17. The van der Waals surface area contributed by atoms with Crippen LogP contribution in [0.3, 0.4) is 0 Å². The maximum Gasteiger partial charge on any atom is 0.234 e. The van der Waals surface area contributed by atoms with Gasteiger partial charge < -0.3 is 14.8 Å². The lowest BCUT2D eigenvalue weighted by atomic mass is 10.1. The van der Waals surface area contributed by atoms with Crippen LogP contribution in [0.25, 0.3) is 16.9 Å². The molecule has 0 fully saturated rings. The van der Waals surface area contributed by atoms with Crippen molar-refractivity contribution in [2.24, 2.45) is 0 Å². The molecule has 4 aromatic rings. The highest BCUT2D eigenvalue weighted by Crippen LogP contribution is 2.32. The van der Waals surface area contributed by atoms with Gasteiger partial charge in [-0.15, -0.1) is 10.2 Å². The average Bonchev–Trinajstić information content (AvgIpc) is 3.20. The molecular weight excluding hydrogens is 482 g/mol. The Morgan fingerprint density at radius 2 is 1.84 bits per heavy atom. The summed E-state index contributed by atoms with van der Waals surface area (Å²) in [5, 5.41) is 16.4. The quantitative estimate of drug-likeness (QED) is 0.415. The van der Waals surface area contributed by atoms with Crippen LogP contribution in [0.5, 0.6) is 11.5 Å². The number of hydrogen-bond acceptors (Lipinski definition) is 7. The highest BCUT2D eigenvalue weighted by Gasteiger charge is 2.15. The maximum absolute atomic E-state index is 12.4. The highest BCUT2D eigenvalue weighted by molar-refractivity contribution is 9.10. The number of thioether (sulfide) groups is 1. The first-order valence-corrected chi connectivity index (χ1v) is 11.2. The molecule has 1 N–H and O–H groups in total. The van der Waals surface area contributed by atoms with Crippen LogP contribution in [0, 0.1) is 0 Å². The number of rotatable bonds is 5. The van der Waals surface area contributed by atoms with E-state index in [1.807, 2.05) is 36.4 Å². The van der Waals surface area contributed by atoms with Crippen molar-refractivity contribution in [3.63, 3.8) is 0 Å². The van der Waals surface area contributed by atoms with E-state index in [4.69, 9.17) is 9.47 Å². The topological polar surface area (TPSA) is 90.6 Å². The molecule has 10 heteroatoms. The summed E-state index contributed by atoms with van der Waals surface area (Å²) in [6.07, 6.45) is 0. The summed E-state index contributed by atoms with van der Waals surface area (Å²) >= 11 is 4.71. The van der Waals surface area contributed by atoms with Crippen LogP contribution >= 0.6 is 27.7 Å². The van der Waals surface area contributed by atoms with Crippen molar-refractivity contribution in [1.29, 1.82) is 0 Å². The van der Waals surface area contributed by atoms with E-state index in [0.717, 1.165) is 15.7 Å². The van der Waals surface area contributed by atoms with Crippen molar-refractivity contribution in [3.8, 4) is 22.8 Å². The molecular formula is C21H16BrN5O3S. The number of carbonyl (C=O) groups excluding carboxylic acids is 1. The number of carbonyl (C=O) groups is 1. The molecule has 1 aliphatic heterocycles. The Bertz CT molecular complexity index is 1260. The van der Waals surface area contributed by atoms with E-state index in [-0.39, 0.29) is 11.7 Å². The van der Waals surface area contributed by atoms with Gasteiger partial charge in [-0.05, 0) is 36.4 Å². The Hall–Kier alpha value is -3.11. The molecule has 0 saturated carbocycles.